The van der Waals surface area contributed by atoms with Gasteiger partial charge in [0.15, 0.2) is 5.82 Å². The molecule has 0 aromatic heterocycles. The van der Waals surface area contributed by atoms with Crippen LogP contribution in [-0.2, 0) is 0 Å². The van der Waals surface area contributed by atoms with Crippen LogP contribution in [0.1, 0.15) is 10.4 Å². The summed E-state index contributed by atoms with van der Waals surface area (Å²) >= 11 is 5.60. The Morgan fingerprint density at radius 1 is 1.10 bits per heavy atom. The van der Waals surface area contributed by atoms with Gasteiger partial charge in [0, 0.05) is 5.69 Å². The largest absolute Gasteiger partial charge is 0.478 e. The predicted molar refractivity (Wildman–Crippen MR) is 77.5 cm³/mol. The molecular weight excluding hydrogens is 299 g/mol. The summed E-state index contributed by atoms with van der Waals surface area (Å²) in [7, 11) is 0. The highest BCUT2D eigenvalue weighted by Crippen LogP contribution is 2.22. The van der Waals surface area contributed by atoms with Crippen LogP contribution in [-0.4, -0.2) is 17.1 Å². The average molecular weight is 309 g/mol. The minimum absolute atomic E-state index is 0.0294. The fourth-order valence-electron chi connectivity index (χ4n) is 1.61. The third kappa shape index (κ3) is 3.70. The van der Waals surface area contributed by atoms with E-state index < -0.39 is 17.8 Å². The first-order chi connectivity index (χ1) is 9.97. The summed E-state index contributed by atoms with van der Waals surface area (Å²) < 4.78 is 13.6. The molecule has 108 valence electrons. The molecule has 3 N–H and O–H groups in total. The lowest BCUT2D eigenvalue weighted by Crippen LogP contribution is -2.20. The van der Waals surface area contributed by atoms with Gasteiger partial charge in [0.1, 0.15) is 0 Å². The average Bonchev–Trinajstić information content (AvgIpc) is 2.44. The molecule has 5 nitrogen and oxygen atoms in total. The van der Waals surface area contributed by atoms with Crippen molar-refractivity contribution in [3.05, 3.63) is 58.9 Å². The van der Waals surface area contributed by atoms with Crippen molar-refractivity contribution in [2.24, 2.45) is 0 Å². The van der Waals surface area contributed by atoms with Crippen molar-refractivity contribution in [3.8, 4) is 0 Å². The zero-order valence-corrected chi connectivity index (χ0v) is 11.3. The van der Waals surface area contributed by atoms with Gasteiger partial charge in [-0.2, -0.15) is 0 Å². The number of nitrogens with one attached hydrogen (secondary N) is 2. The fourth-order valence-corrected chi connectivity index (χ4v) is 1.79. The number of carbonyl (C=O) groups excluding carboxylic acids is 1. The number of rotatable bonds is 3. The van der Waals surface area contributed by atoms with E-state index in [1.165, 1.54) is 42.5 Å². The van der Waals surface area contributed by atoms with E-state index in [1.54, 1.807) is 0 Å². The van der Waals surface area contributed by atoms with Crippen molar-refractivity contribution in [2.45, 2.75) is 0 Å². The molecule has 0 saturated carbocycles. The number of carboxylic acid groups (broad SMARTS) is 1. The van der Waals surface area contributed by atoms with Gasteiger partial charge in [0.25, 0.3) is 0 Å². The van der Waals surface area contributed by atoms with Crippen molar-refractivity contribution in [2.75, 3.05) is 10.6 Å². The molecule has 2 aromatic rings. The molecule has 0 unspecified atom stereocenters. The molecule has 7 heteroatoms. The van der Waals surface area contributed by atoms with Crippen molar-refractivity contribution in [3.63, 3.8) is 0 Å². The summed E-state index contributed by atoms with van der Waals surface area (Å²) in [5.74, 6) is -1.85. The number of amides is 2. The second kappa shape index (κ2) is 6.23. The number of benzene rings is 2. The Labute approximate surface area is 124 Å². The van der Waals surface area contributed by atoms with Gasteiger partial charge in [-0.1, -0.05) is 23.7 Å². The van der Waals surface area contributed by atoms with E-state index in [9.17, 15) is 14.0 Å². The first-order valence-electron chi connectivity index (χ1n) is 5.83. The summed E-state index contributed by atoms with van der Waals surface area (Å²) in [6.07, 6.45) is 0. The standard InChI is InChI=1S/C14H10ClFN2O3/c15-10-5-2-6-11(12(10)16)18-14(21)17-9-4-1-3-8(7-9)13(19)20/h1-7H,(H,19,20)(H2,17,18,21). The first kappa shape index (κ1) is 14.8. The molecule has 0 aliphatic rings. The highest BCUT2D eigenvalue weighted by molar-refractivity contribution is 6.31. The molecular formula is C14H10ClFN2O3. The maximum absolute atomic E-state index is 13.6. The van der Waals surface area contributed by atoms with E-state index >= 15 is 0 Å². The highest BCUT2D eigenvalue weighted by Gasteiger charge is 2.10. The van der Waals surface area contributed by atoms with Gasteiger partial charge in [0.2, 0.25) is 0 Å². The van der Waals surface area contributed by atoms with E-state index in [2.05, 4.69) is 10.6 Å². The zero-order valence-electron chi connectivity index (χ0n) is 10.6. The van der Waals surface area contributed by atoms with Crippen molar-refractivity contribution in [1.82, 2.24) is 0 Å². The minimum atomic E-state index is -1.11. The smallest absolute Gasteiger partial charge is 0.335 e. The Bertz CT molecular complexity index is 706. The monoisotopic (exact) mass is 308 g/mol. The number of halogens is 2. The van der Waals surface area contributed by atoms with Gasteiger partial charge in [-0.25, -0.2) is 14.0 Å². The normalized spacial score (nSPS) is 10.0. The van der Waals surface area contributed by atoms with Crippen LogP contribution in [0.3, 0.4) is 0 Å². The third-order valence-corrected chi connectivity index (χ3v) is 2.86. The summed E-state index contributed by atoms with van der Waals surface area (Å²) in [5.41, 5.74) is 0.228. The molecule has 2 amide bonds. The second-order valence-electron chi connectivity index (χ2n) is 4.07. The van der Waals surface area contributed by atoms with Gasteiger partial charge in [-0.15, -0.1) is 0 Å². The van der Waals surface area contributed by atoms with Crippen LogP contribution < -0.4 is 10.6 Å². The molecule has 0 aliphatic heterocycles. The van der Waals surface area contributed by atoms with Crippen LogP contribution in [0.2, 0.25) is 5.02 Å². The molecule has 0 radical (unpaired) electrons. The molecule has 21 heavy (non-hydrogen) atoms. The van der Waals surface area contributed by atoms with Crippen LogP contribution in [0.15, 0.2) is 42.5 Å². The zero-order chi connectivity index (χ0) is 15.4. The number of anilines is 2. The lowest BCUT2D eigenvalue weighted by Gasteiger charge is -2.09. The summed E-state index contributed by atoms with van der Waals surface area (Å²) in [4.78, 5) is 22.6. The molecule has 2 rings (SSSR count). The van der Waals surface area contributed by atoms with Crippen molar-refractivity contribution >= 4 is 35.0 Å². The molecule has 0 fully saturated rings. The van der Waals surface area contributed by atoms with Crippen LogP contribution in [0, 0.1) is 5.82 Å². The van der Waals surface area contributed by atoms with Crippen LogP contribution in [0.25, 0.3) is 0 Å². The molecule has 2 aromatic carbocycles. The van der Waals surface area contributed by atoms with E-state index in [4.69, 9.17) is 16.7 Å². The lowest BCUT2D eigenvalue weighted by atomic mass is 10.2. The fraction of sp³-hybridized carbons (Fsp3) is 0. The predicted octanol–water partition coefficient (Wildman–Crippen LogP) is 3.82. The number of hydrogen-bond acceptors (Lipinski definition) is 2. The SMILES string of the molecule is O=C(Nc1cccc(C(=O)O)c1)Nc1cccc(Cl)c1F. The number of aromatic carboxylic acids is 1. The van der Waals surface area contributed by atoms with Gasteiger partial charge < -0.3 is 15.7 Å². The van der Waals surface area contributed by atoms with Crippen LogP contribution in [0.4, 0.5) is 20.6 Å². The topological polar surface area (TPSA) is 78.4 Å². The maximum atomic E-state index is 13.6. The van der Waals surface area contributed by atoms with Crippen molar-refractivity contribution < 1.29 is 19.1 Å². The minimum Gasteiger partial charge on any atom is -0.478 e. The molecule has 0 heterocycles. The van der Waals surface area contributed by atoms with Gasteiger partial charge >= 0.3 is 12.0 Å². The Hall–Kier alpha value is -2.60. The summed E-state index contributed by atoms with van der Waals surface area (Å²) in [5, 5.41) is 13.4. The van der Waals surface area contributed by atoms with Gasteiger partial charge in [-0.05, 0) is 30.3 Å². The quantitative estimate of drug-likeness (QED) is 0.806. The molecule has 0 atom stereocenters. The Kier molecular flexibility index (Phi) is 4.39. The second-order valence-corrected chi connectivity index (χ2v) is 4.47. The first-order valence-corrected chi connectivity index (χ1v) is 6.20. The van der Waals surface area contributed by atoms with Crippen molar-refractivity contribution in [1.29, 1.82) is 0 Å². The maximum Gasteiger partial charge on any atom is 0.335 e. The van der Waals surface area contributed by atoms with E-state index in [1.807, 2.05) is 0 Å². The number of carboxylic acids is 1. The lowest BCUT2D eigenvalue weighted by molar-refractivity contribution is 0.0697. The molecule has 0 bridgehead atoms. The number of urea groups is 1. The molecule has 0 spiro atoms. The number of carbonyl (C=O) groups is 2. The van der Waals surface area contributed by atoms with Crippen LogP contribution >= 0.6 is 11.6 Å². The third-order valence-electron chi connectivity index (χ3n) is 2.57. The Balaban J connectivity index is 2.10. The molecule has 0 saturated heterocycles. The van der Waals surface area contributed by atoms with Gasteiger partial charge in [0.05, 0.1) is 16.3 Å². The van der Waals surface area contributed by atoms with Crippen LogP contribution in [0.5, 0.6) is 0 Å². The van der Waals surface area contributed by atoms with E-state index in [-0.39, 0.29) is 22.0 Å². The van der Waals surface area contributed by atoms with Gasteiger partial charge in [-0.3, -0.25) is 0 Å². The summed E-state index contributed by atoms with van der Waals surface area (Å²) in [6, 6.07) is 9.17. The molecule has 0 aliphatic carbocycles. The van der Waals surface area contributed by atoms with E-state index in [0.29, 0.717) is 0 Å². The Morgan fingerprint density at radius 2 is 1.81 bits per heavy atom. The highest BCUT2D eigenvalue weighted by atomic mass is 35.5. The number of hydrogen-bond donors (Lipinski definition) is 3. The summed E-state index contributed by atoms with van der Waals surface area (Å²) in [6.45, 7) is 0. The Morgan fingerprint density at radius 3 is 2.52 bits per heavy atom. The van der Waals surface area contributed by atoms with E-state index in [0.717, 1.165) is 0 Å².